The van der Waals surface area contributed by atoms with E-state index in [1.807, 2.05) is 12.1 Å². The van der Waals surface area contributed by atoms with E-state index in [9.17, 15) is 9.59 Å². The number of halogens is 1. The number of ketones is 2. The second-order valence-corrected chi connectivity index (χ2v) is 8.10. The van der Waals surface area contributed by atoms with Crippen molar-refractivity contribution in [3.63, 3.8) is 0 Å². The Morgan fingerprint density at radius 2 is 1.40 bits per heavy atom. The minimum Gasteiger partial charge on any atom is -1.00 e. The Kier molecular flexibility index (Phi) is 9.47. The van der Waals surface area contributed by atoms with Gasteiger partial charge in [-0.15, -0.1) is 0 Å². The Balaban J connectivity index is 0.00000320. The van der Waals surface area contributed by atoms with Crippen LogP contribution in [0.5, 0.6) is 0 Å². The maximum atomic E-state index is 13.4. The number of aromatic nitrogens is 2. The molecule has 5 heteroatoms. The van der Waals surface area contributed by atoms with Crippen molar-refractivity contribution in [2.75, 3.05) is 0 Å². The van der Waals surface area contributed by atoms with Crippen molar-refractivity contribution in [2.24, 2.45) is 0 Å². The third-order valence-electron chi connectivity index (χ3n) is 6.02. The molecule has 0 aliphatic heterocycles. The molecule has 0 fully saturated rings. The number of hydrogen-bond acceptors (Lipinski definition) is 2. The Morgan fingerprint density at radius 1 is 0.800 bits per heavy atom. The number of unbranched alkanes of at least 4 members (excludes halogenated alkanes) is 6. The molecular weight excluding hydrogens is 440 g/mol. The van der Waals surface area contributed by atoms with Gasteiger partial charge in [-0.25, -0.2) is 9.13 Å². The van der Waals surface area contributed by atoms with Gasteiger partial charge >= 0.3 is 0 Å². The Hall–Kier alpha value is -1.75. The average molecular weight is 475 g/mol. The number of rotatable bonds is 11. The van der Waals surface area contributed by atoms with Gasteiger partial charge in [0.1, 0.15) is 0 Å². The molecule has 1 aliphatic carbocycles. The fourth-order valence-electron chi connectivity index (χ4n) is 4.48. The normalized spacial score (nSPS) is 12.5. The number of carbonyl (C=O) groups excluding carboxylic acids is 2. The minimum atomic E-state index is 0. The van der Waals surface area contributed by atoms with E-state index in [4.69, 9.17) is 0 Å². The van der Waals surface area contributed by atoms with Crippen LogP contribution in [0.15, 0.2) is 24.3 Å². The molecule has 3 rings (SSSR count). The fourth-order valence-corrected chi connectivity index (χ4v) is 4.48. The third-order valence-corrected chi connectivity index (χ3v) is 6.02. The van der Waals surface area contributed by atoms with Crippen molar-refractivity contribution >= 4 is 11.6 Å². The van der Waals surface area contributed by atoms with Gasteiger partial charge in [0.05, 0.1) is 13.1 Å². The summed E-state index contributed by atoms with van der Waals surface area (Å²) in [5.74, 6) is 1.13. The van der Waals surface area contributed by atoms with Gasteiger partial charge in [0.2, 0.25) is 23.0 Å². The number of nitrogens with zero attached hydrogens (tertiary/aromatic N) is 2. The molecule has 1 aromatic carbocycles. The van der Waals surface area contributed by atoms with Crippen LogP contribution in [-0.4, -0.2) is 16.1 Å². The van der Waals surface area contributed by atoms with Gasteiger partial charge in [0, 0.05) is 17.5 Å². The molecule has 0 saturated heterocycles. The topological polar surface area (TPSA) is 43.0 Å². The molecule has 1 aliphatic rings. The maximum Gasteiger partial charge on any atom is 0.257 e. The summed E-state index contributed by atoms with van der Waals surface area (Å²) < 4.78 is 4.31. The predicted octanol–water partition coefficient (Wildman–Crippen LogP) is 2.28. The SMILES string of the molecule is CCCCCCCC[n+]1c2c(n(CCCC)c1CC)C(=O)c1ccccc1C2=O.[Br-]. The number of fused-ring (bicyclic) bond motifs is 2. The van der Waals surface area contributed by atoms with Crippen molar-refractivity contribution in [1.82, 2.24) is 4.57 Å². The summed E-state index contributed by atoms with van der Waals surface area (Å²) in [7, 11) is 0. The van der Waals surface area contributed by atoms with Gasteiger partial charge in [0.15, 0.2) is 0 Å². The van der Waals surface area contributed by atoms with E-state index >= 15 is 0 Å². The van der Waals surface area contributed by atoms with E-state index in [0.717, 1.165) is 44.6 Å². The van der Waals surface area contributed by atoms with Crippen LogP contribution in [-0.2, 0) is 19.5 Å². The molecule has 0 saturated carbocycles. The van der Waals surface area contributed by atoms with E-state index in [-0.39, 0.29) is 28.5 Å². The molecule has 0 amide bonds. The van der Waals surface area contributed by atoms with Gasteiger partial charge in [-0.1, -0.05) is 77.1 Å². The highest BCUT2D eigenvalue weighted by molar-refractivity contribution is 6.26. The molecule has 2 aromatic rings. The summed E-state index contributed by atoms with van der Waals surface area (Å²) in [6.45, 7) is 8.14. The molecular formula is C25H35BrN2O2. The van der Waals surface area contributed by atoms with Crippen LogP contribution >= 0.6 is 0 Å². The molecule has 0 N–H and O–H groups in total. The number of benzene rings is 1. The van der Waals surface area contributed by atoms with E-state index in [1.54, 1.807) is 12.1 Å². The van der Waals surface area contributed by atoms with Crippen LogP contribution < -0.4 is 21.5 Å². The Morgan fingerprint density at radius 3 is 2.03 bits per heavy atom. The first-order valence-electron chi connectivity index (χ1n) is 11.5. The molecule has 0 spiro atoms. The van der Waals surface area contributed by atoms with E-state index in [0.29, 0.717) is 22.5 Å². The summed E-state index contributed by atoms with van der Waals surface area (Å²) in [6.07, 6.45) is 10.2. The third kappa shape index (κ3) is 4.77. The van der Waals surface area contributed by atoms with Gasteiger partial charge < -0.3 is 17.0 Å². The number of carbonyl (C=O) groups is 2. The number of imidazole rings is 1. The summed E-state index contributed by atoms with van der Waals surface area (Å²) in [5.41, 5.74) is 2.34. The van der Waals surface area contributed by atoms with Gasteiger partial charge in [-0.2, -0.15) is 0 Å². The largest absolute Gasteiger partial charge is 1.00 e. The van der Waals surface area contributed by atoms with Crippen molar-refractivity contribution in [3.05, 3.63) is 52.6 Å². The monoisotopic (exact) mass is 474 g/mol. The van der Waals surface area contributed by atoms with Crippen molar-refractivity contribution in [3.8, 4) is 0 Å². The molecule has 0 radical (unpaired) electrons. The highest BCUT2D eigenvalue weighted by atomic mass is 79.9. The zero-order chi connectivity index (χ0) is 20.8. The lowest BCUT2D eigenvalue weighted by Gasteiger charge is -2.13. The molecule has 0 unspecified atom stereocenters. The Bertz CT molecular complexity index is 886. The first-order chi connectivity index (χ1) is 14.2. The quantitative estimate of drug-likeness (QED) is 0.316. The zero-order valence-corrected chi connectivity index (χ0v) is 20.3. The molecule has 0 atom stereocenters. The van der Waals surface area contributed by atoms with Crippen LogP contribution in [0.2, 0.25) is 0 Å². The smallest absolute Gasteiger partial charge is 0.257 e. The molecule has 30 heavy (non-hydrogen) atoms. The van der Waals surface area contributed by atoms with E-state index < -0.39 is 0 Å². The first kappa shape index (κ1) is 24.5. The lowest BCUT2D eigenvalue weighted by molar-refractivity contribution is -0.705. The average Bonchev–Trinajstić information content (AvgIpc) is 3.06. The van der Waals surface area contributed by atoms with Crippen LogP contribution in [0.3, 0.4) is 0 Å². The maximum absolute atomic E-state index is 13.4. The lowest BCUT2D eigenvalue weighted by Crippen LogP contribution is -3.00. The molecule has 0 bridgehead atoms. The lowest BCUT2D eigenvalue weighted by atomic mass is 9.90. The summed E-state index contributed by atoms with van der Waals surface area (Å²) >= 11 is 0. The van der Waals surface area contributed by atoms with Crippen molar-refractivity contribution in [2.45, 2.75) is 91.6 Å². The Labute approximate surface area is 191 Å². The molecule has 164 valence electrons. The predicted molar refractivity (Wildman–Crippen MR) is 116 cm³/mol. The van der Waals surface area contributed by atoms with Crippen LogP contribution in [0.25, 0.3) is 0 Å². The zero-order valence-electron chi connectivity index (χ0n) is 18.7. The summed E-state index contributed by atoms with van der Waals surface area (Å²) in [5, 5.41) is 0. The highest BCUT2D eigenvalue weighted by Gasteiger charge is 2.43. The summed E-state index contributed by atoms with van der Waals surface area (Å²) in [6, 6.07) is 7.28. The second kappa shape index (κ2) is 11.6. The van der Waals surface area contributed by atoms with E-state index in [2.05, 4.69) is 29.9 Å². The number of hydrogen-bond donors (Lipinski definition) is 0. The van der Waals surface area contributed by atoms with Crippen LogP contribution in [0.1, 0.15) is 110 Å². The van der Waals surface area contributed by atoms with Gasteiger partial charge in [-0.05, 0) is 19.3 Å². The molecule has 4 nitrogen and oxygen atoms in total. The fraction of sp³-hybridized carbons (Fsp3) is 0.560. The van der Waals surface area contributed by atoms with Crippen molar-refractivity contribution in [1.29, 1.82) is 0 Å². The summed E-state index contributed by atoms with van der Waals surface area (Å²) in [4.78, 5) is 26.8. The molecule has 1 heterocycles. The van der Waals surface area contributed by atoms with E-state index in [1.165, 1.54) is 32.1 Å². The second-order valence-electron chi connectivity index (χ2n) is 8.10. The van der Waals surface area contributed by atoms with Gasteiger partial charge in [0.25, 0.3) is 5.82 Å². The molecule has 1 aromatic heterocycles. The van der Waals surface area contributed by atoms with Crippen LogP contribution in [0, 0.1) is 0 Å². The van der Waals surface area contributed by atoms with Gasteiger partial charge in [-0.3, -0.25) is 9.59 Å². The highest BCUT2D eigenvalue weighted by Crippen LogP contribution is 2.28. The standard InChI is InChI=1S/C25H35N2O2.BrH/c1-4-7-9-10-11-14-18-27-21(6-3)26(17-8-5-2)22-23(27)25(29)20-16-13-12-15-19(20)24(22)28;/h12-13,15-16H,4-11,14,17-18H2,1-3H3;1H/q+1;/p-1. The first-order valence-corrected chi connectivity index (χ1v) is 11.5. The minimum absolute atomic E-state index is 0. The van der Waals surface area contributed by atoms with Crippen molar-refractivity contribution < 1.29 is 31.1 Å². The van der Waals surface area contributed by atoms with Crippen LogP contribution in [0.4, 0.5) is 0 Å².